The number of anilines is 1. The van der Waals surface area contributed by atoms with Gasteiger partial charge >= 0.3 is 0 Å². The van der Waals surface area contributed by atoms with Crippen LogP contribution in [-0.4, -0.2) is 56.0 Å². The Kier molecular flexibility index (Phi) is 6.70. The highest BCUT2D eigenvalue weighted by molar-refractivity contribution is 7.89. The summed E-state index contributed by atoms with van der Waals surface area (Å²) in [4.78, 5) is 20.6. The summed E-state index contributed by atoms with van der Waals surface area (Å²) in [5.74, 6) is -0.485. The van der Waals surface area contributed by atoms with E-state index in [2.05, 4.69) is 0 Å². The molecule has 2 saturated heterocycles. The van der Waals surface area contributed by atoms with Crippen molar-refractivity contribution in [2.24, 2.45) is 5.92 Å². The van der Waals surface area contributed by atoms with Crippen LogP contribution in [0.2, 0.25) is 0 Å². The lowest BCUT2D eigenvalue weighted by Crippen LogP contribution is -2.48. The molecule has 180 valence electrons. The van der Waals surface area contributed by atoms with Crippen molar-refractivity contribution in [1.29, 1.82) is 0 Å². The number of aromatic nitrogens is 1. The molecule has 2 aromatic carbocycles. The smallest absolute Gasteiger partial charge is 0.243 e. The van der Waals surface area contributed by atoms with Crippen molar-refractivity contribution in [2.75, 3.05) is 31.1 Å². The van der Waals surface area contributed by atoms with Gasteiger partial charge in [0.2, 0.25) is 15.9 Å². The molecule has 3 heterocycles. The fourth-order valence-corrected chi connectivity index (χ4v) is 7.18. The predicted molar refractivity (Wildman–Crippen MR) is 134 cm³/mol. The van der Waals surface area contributed by atoms with Gasteiger partial charge in [0.15, 0.2) is 5.13 Å². The van der Waals surface area contributed by atoms with Gasteiger partial charge in [0.1, 0.15) is 0 Å². The minimum atomic E-state index is -3.65. The molecule has 0 aliphatic carbocycles. The molecule has 2 aliphatic rings. The number of piperidine rings is 1. The van der Waals surface area contributed by atoms with Crippen LogP contribution in [0.5, 0.6) is 0 Å². The third kappa shape index (κ3) is 4.75. The van der Waals surface area contributed by atoms with Crippen LogP contribution in [0.3, 0.4) is 0 Å². The molecule has 2 aliphatic heterocycles. The number of ether oxygens (including phenoxy) is 1. The standard InChI is InChI=1S/C25H29N3O4S2/c1-18-10-12-21(13-11-18)34(30,31)27-14-4-6-19(16-27)24(29)28(17-20-7-5-15-32-20)25-26-22-8-2-3-9-23(22)33-25/h2-3,8-13,19-20H,4-7,14-17H2,1H3. The normalized spacial score (nSPS) is 21.7. The second-order valence-electron chi connectivity index (χ2n) is 9.06. The largest absolute Gasteiger partial charge is 0.376 e. The van der Waals surface area contributed by atoms with Crippen LogP contribution in [0, 0.1) is 12.8 Å². The van der Waals surface area contributed by atoms with Crippen LogP contribution < -0.4 is 4.90 Å². The van der Waals surface area contributed by atoms with Gasteiger partial charge in [-0.25, -0.2) is 13.4 Å². The number of sulfonamides is 1. The molecule has 1 aromatic heterocycles. The number of nitrogens with zero attached hydrogens (tertiary/aromatic N) is 3. The van der Waals surface area contributed by atoms with Gasteiger partial charge in [0, 0.05) is 19.7 Å². The van der Waals surface area contributed by atoms with Gasteiger partial charge in [-0.15, -0.1) is 0 Å². The first-order valence-corrected chi connectivity index (χ1v) is 14.0. The summed E-state index contributed by atoms with van der Waals surface area (Å²) < 4.78 is 34.9. The van der Waals surface area contributed by atoms with Crippen LogP contribution in [0.1, 0.15) is 31.2 Å². The molecule has 0 bridgehead atoms. The molecule has 2 fully saturated rings. The van der Waals surface area contributed by atoms with Gasteiger partial charge in [-0.2, -0.15) is 4.31 Å². The molecule has 0 spiro atoms. The van der Waals surface area contributed by atoms with Crippen molar-refractivity contribution >= 4 is 42.6 Å². The van der Waals surface area contributed by atoms with E-state index in [1.54, 1.807) is 29.2 Å². The highest BCUT2D eigenvalue weighted by Crippen LogP contribution is 2.33. The van der Waals surface area contributed by atoms with E-state index in [4.69, 9.17) is 9.72 Å². The number of benzene rings is 2. The quantitative estimate of drug-likeness (QED) is 0.507. The summed E-state index contributed by atoms with van der Waals surface area (Å²) in [5, 5.41) is 0.653. The number of hydrogen-bond donors (Lipinski definition) is 0. The maximum atomic E-state index is 13.8. The Morgan fingerprint density at radius 1 is 1.15 bits per heavy atom. The van der Waals surface area contributed by atoms with E-state index in [9.17, 15) is 13.2 Å². The second kappa shape index (κ2) is 9.73. The maximum absolute atomic E-state index is 13.8. The molecule has 34 heavy (non-hydrogen) atoms. The van der Waals surface area contributed by atoms with Gasteiger partial charge in [0.25, 0.3) is 0 Å². The highest BCUT2D eigenvalue weighted by Gasteiger charge is 2.37. The molecule has 0 N–H and O–H groups in total. The Morgan fingerprint density at radius 2 is 1.94 bits per heavy atom. The molecule has 7 nitrogen and oxygen atoms in total. The van der Waals surface area contributed by atoms with Crippen molar-refractivity contribution in [3.05, 3.63) is 54.1 Å². The van der Waals surface area contributed by atoms with E-state index in [1.807, 2.05) is 31.2 Å². The SMILES string of the molecule is Cc1ccc(S(=O)(=O)N2CCCC(C(=O)N(CC3CCCO3)c3nc4ccccc4s3)C2)cc1. The number of carbonyl (C=O) groups excluding carboxylic acids is 1. The third-order valence-corrected chi connectivity index (χ3v) is 9.52. The number of carbonyl (C=O) groups is 1. The molecule has 3 aromatic rings. The van der Waals surface area contributed by atoms with E-state index in [1.165, 1.54) is 15.6 Å². The fourth-order valence-electron chi connectivity index (χ4n) is 4.67. The van der Waals surface area contributed by atoms with Crippen molar-refractivity contribution in [1.82, 2.24) is 9.29 Å². The Morgan fingerprint density at radius 3 is 2.68 bits per heavy atom. The Labute approximate surface area is 204 Å². The summed E-state index contributed by atoms with van der Waals surface area (Å²) in [5.41, 5.74) is 1.87. The molecule has 9 heteroatoms. The number of amides is 1. The molecular formula is C25H29N3O4S2. The van der Waals surface area contributed by atoms with Gasteiger partial charge in [0.05, 0.1) is 33.7 Å². The third-order valence-electron chi connectivity index (χ3n) is 6.58. The first-order chi connectivity index (χ1) is 16.4. The Bertz CT molecular complexity index is 1230. The summed E-state index contributed by atoms with van der Waals surface area (Å²) in [7, 11) is -3.65. The van der Waals surface area contributed by atoms with Crippen molar-refractivity contribution < 1.29 is 17.9 Å². The lowest BCUT2D eigenvalue weighted by molar-refractivity contribution is -0.123. The van der Waals surface area contributed by atoms with E-state index < -0.39 is 15.9 Å². The Balaban J connectivity index is 1.40. The zero-order chi connectivity index (χ0) is 23.7. The summed E-state index contributed by atoms with van der Waals surface area (Å²) in [6.07, 6.45) is 3.18. The van der Waals surface area contributed by atoms with E-state index in [-0.39, 0.29) is 23.5 Å². The first-order valence-electron chi connectivity index (χ1n) is 11.8. The van der Waals surface area contributed by atoms with Gasteiger partial charge in [-0.05, 0) is 56.9 Å². The minimum Gasteiger partial charge on any atom is -0.376 e. The number of fused-ring (bicyclic) bond motifs is 1. The number of para-hydroxylation sites is 1. The van der Waals surface area contributed by atoms with Crippen LogP contribution in [-0.2, 0) is 19.6 Å². The number of hydrogen-bond acceptors (Lipinski definition) is 6. The number of aryl methyl sites for hydroxylation is 1. The second-order valence-corrected chi connectivity index (χ2v) is 12.0. The molecular weight excluding hydrogens is 470 g/mol. The molecule has 0 radical (unpaired) electrons. The zero-order valence-corrected chi connectivity index (χ0v) is 20.9. The maximum Gasteiger partial charge on any atom is 0.243 e. The topological polar surface area (TPSA) is 79.8 Å². The summed E-state index contributed by atoms with van der Waals surface area (Å²) >= 11 is 1.49. The average molecular weight is 500 g/mol. The average Bonchev–Trinajstić information content (AvgIpc) is 3.52. The Hall–Kier alpha value is -2.33. The minimum absolute atomic E-state index is 0.0213. The zero-order valence-electron chi connectivity index (χ0n) is 19.2. The summed E-state index contributed by atoms with van der Waals surface area (Å²) in [6.45, 7) is 3.68. The van der Waals surface area contributed by atoms with Crippen molar-refractivity contribution in [3.63, 3.8) is 0 Å². The van der Waals surface area contributed by atoms with Crippen LogP contribution in [0.25, 0.3) is 10.2 Å². The number of thiazole rings is 1. The molecule has 2 atom stereocenters. The first kappa shape index (κ1) is 23.4. The fraction of sp³-hybridized carbons (Fsp3) is 0.440. The number of rotatable bonds is 6. The summed E-state index contributed by atoms with van der Waals surface area (Å²) in [6, 6.07) is 14.7. The molecule has 5 rings (SSSR count). The van der Waals surface area contributed by atoms with Crippen LogP contribution >= 0.6 is 11.3 Å². The lowest BCUT2D eigenvalue weighted by atomic mass is 9.98. The molecule has 1 amide bonds. The predicted octanol–water partition coefficient (Wildman–Crippen LogP) is 4.22. The lowest BCUT2D eigenvalue weighted by Gasteiger charge is -2.34. The monoisotopic (exact) mass is 499 g/mol. The van der Waals surface area contributed by atoms with Gasteiger partial charge in [-0.1, -0.05) is 41.2 Å². The van der Waals surface area contributed by atoms with Crippen LogP contribution in [0.15, 0.2) is 53.4 Å². The highest BCUT2D eigenvalue weighted by atomic mass is 32.2. The molecule has 2 unspecified atom stereocenters. The molecule has 0 saturated carbocycles. The van der Waals surface area contributed by atoms with E-state index in [0.717, 1.165) is 28.6 Å². The van der Waals surface area contributed by atoms with Crippen molar-refractivity contribution in [3.8, 4) is 0 Å². The van der Waals surface area contributed by atoms with Gasteiger partial charge < -0.3 is 4.74 Å². The van der Waals surface area contributed by atoms with E-state index in [0.29, 0.717) is 37.7 Å². The van der Waals surface area contributed by atoms with Gasteiger partial charge in [-0.3, -0.25) is 9.69 Å². The van der Waals surface area contributed by atoms with Crippen molar-refractivity contribution in [2.45, 2.75) is 43.6 Å². The van der Waals surface area contributed by atoms with Crippen LogP contribution in [0.4, 0.5) is 5.13 Å². The van der Waals surface area contributed by atoms with E-state index >= 15 is 0 Å².